The monoisotopic (exact) mass is 398 g/mol. The zero-order chi connectivity index (χ0) is 20.5. The molecule has 2 N–H and O–H groups in total. The number of aryl methyl sites for hydroxylation is 1. The highest BCUT2D eigenvalue weighted by Crippen LogP contribution is 2.20. The quantitative estimate of drug-likeness (QED) is 0.373. The number of carbonyl (C=O) groups excluding carboxylic acids is 1. The Hall–Kier alpha value is -4.15. The minimum atomic E-state index is -0.643. The second-order valence-corrected chi connectivity index (χ2v) is 6.31. The average Bonchev–Trinajstić information content (AvgIpc) is 3.19. The Kier molecular flexibility index (Phi) is 4.47. The van der Waals surface area contributed by atoms with E-state index in [9.17, 15) is 24.5 Å². The van der Waals surface area contributed by atoms with Crippen molar-refractivity contribution in [2.75, 3.05) is 5.32 Å². The number of hydrogen-bond donors (Lipinski definition) is 2. The first-order valence-corrected chi connectivity index (χ1v) is 8.61. The van der Waals surface area contributed by atoms with Gasteiger partial charge in [-0.1, -0.05) is 0 Å². The number of amides is 1. The van der Waals surface area contributed by atoms with E-state index in [1.807, 2.05) is 0 Å². The molecule has 0 radical (unpaired) electrons. The molecule has 0 saturated heterocycles. The maximum Gasteiger partial charge on any atom is 0.419 e. The number of benzene rings is 2. The number of aromatic amines is 1. The second-order valence-electron chi connectivity index (χ2n) is 6.31. The maximum absolute atomic E-state index is 12.2. The predicted molar refractivity (Wildman–Crippen MR) is 102 cm³/mol. The van der Waals surface area contributed by atoms with Crippen molar-refractivity contribution in [2.24, 2.45) is 0 Å². The molecule has 148 valence electrons. The maximum atomic E-state index is 12.2. The molecule has 0 spiro atoms. The minimum absolute atomic E-state index is 0.121. The van der Waals surface area contributed by atoms with E-state index in [-0.39, 0.29) is 30.1 Å². The molecule has 29 heavy (non-hydrogen) atoms. The summed E-state index contributed by atoms with van der Waals surface area (Å²) < 4.78 is 11.3. The number of anilines is 1. The van der Waals surface area contributed by atoms with Crippen LogP contribution in [0.1, 0.15) is 12.8 Å². The number of nitro benzene ring substituents is 1. The van der Waals surface area contributed by atoms with Crippen molar-refractivity contribution in [1.29, 1.82) is 0 Å². The van der Waals surface area contributed by atoms with Crippen LogP contribution in [0, 0.1) is 10.1 Å². The smallest absolute Gasteiger partial charge is 0.408 e. The van der Waals surface area contributed by atoms with Gasteiger partial charge in [0.25, 0.3) is 5.69 Å². The number of nitrogens with zero attached hydrogens (tertiary/aromatic N) is 2. The summed E-state index contributed by atoms with van der Waals surface area (Å²) in [5.41, 5.74) is 1.73. The van der Waals surface area contributed by atoms with Crippen molar-refractivity contribution in [2.45, 2.75) is 19.4 Å². The average molecular weight is 398 g/mol. The lowest BCUT2D eigenvalue weighted by molar-refractivity contribution is -0.384. The van der Waals surface area contributed by atoms with Gasteiger partial charge >= 0.3 is 11.5 Å². The fourth-order valence-electron chi connectivity index (χ4n) is 3.03. The van der Waals surface area contributed by atoms with Gasteiger partial charge in [0.2, 0.25) is 5.91 Å². The summed E-state index contributed by atoms with van der Waals surface area (Å²) >= 11 is 0. The number of nitro groups is 1. The SMILES string of the molecule is O=C(CCCn1c(=O)oc2cc([N+](=O)[O-])ccc21)Nc1ccc2oc(=O)[nH]c2c1. The van der Waals surface area contributed by atoms with Crippen LogP contribution in [0.15, 0.2) is 54.8 Å². The van der Waals surface area contributed by atoms with Gasteiger partial charge < -0.3 is 14.2 Å². The Morgan fingerprint density at radius 1 is 1.14 bits per heavy atom. The third-order valence-electron chi connectivity index (χ3n) is 4.35. The lowest BCUT2D eigenvalue weighted by atomic mass is 10.2. The standard InChI is InChI=1S/C18H14N4O7/c23-16(19-10-3-6-14-12(8-10)20-17(24)28-14)2-1-7-21-13-5-4-11(22(26)27)9-15(13)29-18(21)25/h3-6,8-9H,1-2,7H2,(H,19,23)(H,20,24). The van der Waals surface area contributed by atoms with Crippen LogP contribution in [-0.2, 0) is 11.3 Å². The molecule has 0 aliphatic heterocycles. The van der Waals surface area contributed by atoms with Gasteiger partial charge in [-0.2, -0.15) is 0 Å². The Bertz CT molecular complexity index is 1360. The van der Waals surface area contributed by atoms with Crippen molar-refractivity contribution in [3.05, 3.63) is 67.6 Å². The normalized spacial score (nSPS) is 11.2. The van der Waals surface area contributed by atoms with E-state index in [0.29, 0.717) is 28.7 Å². The van der Waals surface area contributed by atoms with Crippen LogP contribution < -0.4 is 16.8 Å². The lowest BCUT2D eigenvalue weighted by Crippen LogP contribution is -2.17. The molecule has 4 rings (SSSR count). The molecule has 2 heterocycles. The number of rotatable bonds is 6. The van der Waals surface area contributed by atoms with Crippen molar-refractivity contribution in [1.82, 2.24) is 9.55 Å². The van der Waals surface area contributed by atoms with E-state index >= 15 is 0 Å². The fraction of sp³-hybridized carbons (Fsp3) is 0.167. The molecule has 0 aliphatic rings. The van der Waals surface area contributed by atoms with E-state index in [1.54, 1.807) is 18.2 Å². The zero-order valence-corrected chi connectivity index (χ0v) is 14.8. The number of aromatic nitrogens is 2. The van der Waals surface area contributed by atoms with Gasteiger partial charge in [-0.3, -0.25) is 24.5 Å². The van der Waals surface area contributed by atoms with Crippen LogP contribution in [0.5, 0.6) is 0 Å². The molecule has 0 aliphatic carbocycles. The van der Waals surface area contributed by atoms with Gasteiger partial charge in [-0.25, -0.2) is 9.59 Å². The van der Waals surface area contributed by atoms with E-state index in [2.05, 4.69) is 10.3 Å². The van der Waals surface area contributed by atoms with Crippen LogP contribution in [0.4, 0.5) is 11.4 Å². The molecule has 0 unspecified atom stereocenters. The van der Waals surface area contributed by atoms with Gasteiger partial charge in [-0.05, 0) is 30.7 Å². The molecule has 1 amide bonds. The van der Waals surface area contributed by atoms with Crippen molar-refractivity contribution >= 4 is 39.5 Å². The number of oxazole rings is 2. The molecule has 4 aromatic rings. The molecular weight excluding hydrogens is 384 g/mol. The predicted octanol–water partition coefficient (Wildman–Crippen LogP) is 2.36. The van der Waals surface area contributed by atoms with Crippen molar-refractivity contribution < 1.29 is 18.6 Å². The fourth-order valence-corrected chi connectivity index (χ4v) is 3.03. The highest BCUT2D eigenvalue weighted by Gasteiger charge is 2.14. The summed E-state index contributed by atoms with van der Waals surface area (Å²) in [5.74, 6) is -1.49. The summed E-state index contributed by atoms with van der Waals surface area (Å²) in [4.78, 5) is 48.1. The summed E-state index contributed by atoms with van der Waals surface area (Å²) in [6, 6.07) is 8.68. The van der Waals surface area contributed by atoms with Crippen LogP contribution in [0.2, 0.25) is 0 Å². The van der Waals surface area contributed by atoms with Crippen molar-refractivity contribution in [3.63, 3.8) is 0 Å². The molecule has 0 atom stereocenters. The number of hydrogen-bond acceptors (Lipinski definition) is 7. The van der Waals surface area contributed by atoms with E-state index in [0.717, 1.165) is 0 Å². The highest BCUT2D eigenvalue weighted by molar-refractivity contribution is 5.92. The molecule has 11 heteroatoms. The first-order chi connectivity index (χ1) is 13.9. The summed E-state index contributed by atoms with van der Waals surface area (Å²) in [6.45, 7) is 0.213. The molecule has 2 aromatic heterocycles. The molecule has 0 fully saturated rings. The lowest BCUT2D eigenvalue weighted by Gasteiger charge is -2.05. The van der Waals surface area contributed by atoms with Gasteiger partial charge in [0, 0.05) is 24.7 Å². The summed E-state index contributed by atoms with van der Waals surface area (Å²) in [5, 5.41) is 13.5. The van der Waals surface area contributed by atoms with Crippen LogP contribution in [0.3, 0.4) is 0 Å². The van der Waals surface area contributed by atoms with E-state index in [1.165, 1.54) is 22.8 Å². The highest BCUT2D eigenvalue weighted by atomic mass is 16.6. The molecular formula is C18H14N4O7. The molecule has 2 aromatic carbocycles. The van der Waals surface area contributed by atoms with Gasteiger partial charge in [0.15, 0.2) is 11.2 Å². The Morgan fingerprint density at radius 3 is 2.76 bits per heavy atom. The van der Waals surface area contributed by atoms with Gasteiger partial charge in [-0.15, -0.1) is 0 Å². The van der Waals surface area contributed by atoms with Crippen LogP contribution in [-0.4, -0.2) is 20.4 Å². The first-order valence-electron chi connectivity index (χ1n) is 8.61. The Labute approximate surface area is 160 Å². The number of carbonyl (C=O) groups is 1. The zero-order valence-electron chi connectivity index (χ0n) is 14.8. The topological polar surface area (TPSA) is 153 Å². The Morgan fingerprint density at radius 2 is 1.97 bits per heavy atom. The third-order valence-corrected chi connectivity index (χ3v) is 4.35. The van der Waals surface area contributed by atoms with E-state index < -0.39 is 16.4 Å². The van der Waals surface area contributed by atoms with Crippen LogP contribution in [0.25, 0.3) is 22.2 Å². The Balaban J connectivity index is 1.40. The second kappa shape index (κ2) is 7.11. The van der Waals surface area contributed by atoms with Crippen LogP contribution >= 0.6 is 0 Å². The molecule has 0 bridgehead atoms. The van der Waals surface area contributed by atoms with E-state index in [4.69, 9.17) is 8.83 Å². The number of H-pyrrole nitrogens is 1. The third kappa shape index (κ3) is 3.65. The molecule has 0 saturated carbocycles. The number of non-ortho nitro benzene ring substituents is 1. The van der Waals surface area contributed by atoms with Gasteiger partial charge in [0.05, 0.1) is 22.0 Å². The minimum Gasteiger partial charge on any atom is -0.408 e. The van der Waals surface area contributed by atoms with Gasteiger partial charge in [0.1, 0.15) is 0 Å². The first kappa shape index (κ1) is 18.2. The van der Waals surface area contributed by atoms with Crippen molar-refractivity contribution in [3.8, 4) is 0 Å². The summed E-state index contributed by atoms with van der Waals surface area (Å²) in [6.07, 6.45) is 0.480. The largest absolute Gasteiger partial charge is 0.419 e. The number of nitrogens with one attached hydrogen (secondary N) is 2. The number of fused-ring (bicyclic) bond motifs is 2. The molecule has 11 nitrogen and oxygen atoms in total. The summed E-state index contributed by atoms with van der Waals surface area (Å²) in [7, 11) is 0.